The minimum absolute atomic E-state index is 0.155. The fourth-order valence-electron chi connectivity index (χ4n) is 1.88. The van der Waals surface area contributed by atoms with Gasteiger partial charge in [-0.05, 0) is 42.7 Å². The molecule has 0 spiro atoms. The quantitative estimate of drug-likeness (QED) is 0.779. The molecule has 0 radical (unpaired) electrons. The van der Waals surface area contributed by atoms with E-state index in [1.54, 1.807) is 6.07 Å². The first-order valence-electron chi connectivity index (χ1n) is 5.48. The van der Waals surface area contributed by atoms with E-state index >= 15 is 0 Å². The highest BCUT2D eigenvalue weighted by Crippen LogP contribution is 2.22. The molecule has 0 fully saturated rings. The Labute approximate surface area is 105 Å². The summed E-state index contributed by atoms with van der Waals surface area (Å²) in [6.45, 7) is 3.85. The van der Waals surface area contributed by atoms with Gasteiger partial charge in [0.25, 0.3) is 0 Å². The Hall–Kier alpha value is -1.62. The summed E-state index contributed by atoms with van der Waals surface area (Å²) in [5.74, 6) is -0.155. The van der Waals surface area contributed by atoms with Gasteiger partial charge in [-0.15, -0.1) is 0 Å². The summed E-state index contributed by atoms with van der Waals surface area (Å²) in [6.07, 6.45) is 1.15. The molecule has 0 atom stereocenters. The van der Waals surface area contributed by atoms with Crippen LogP contribution in [0.1, 0.15) is 16.7 Å². The van der Waals surface area contributed by atoms with Crippen LogP contribution in [0.15, 0.2) is 27.4 Å². The van der Waals surface area contributed by atoms with Gasteiger partial charge in [0, 0.05) is 17.7 Å². The smallest absolute Gasteiger partial charge is 0.336 e. The molecule has 0 N–H and O–H groups in total. The van der Waals surface area contributed by atoms with E-state index in [1.165, 1.54) is 6.07 Å². The van der Waals surface area contributed by atoms with Gasteiger partial charge in [-0.3, -0.25) is 0 Å². The molecule has 18 heavy (non-hydrogen) atoms. The molecule has 0 aliphatic heterocycles. The molecule has 1 heterocycles. The van der Waals surface area contributed by atoms with Crippen LogP contribution in [0.5, 0.6) is 0 Å². The van der Waals surface area contributed by atoms with Crippen molar-refractivity contribution in [3.63, 3.8) is 0 Å². The minimum Gasteiger partial charge on any atom is -0.423 e. The predicted octanol–water partition coefficient (Wildman–Crippen LogP) is 1.95. The van der Waals surface area contributed by atoms with Crippen molar-refractivity contribution >= 4 is 20.8 Å². The fourth-order valence-corrected chi connectivity index (χ4v) is 2.69. The Morgan fingerprint density at radius 2 is 1.72 bits per heavy atom. The van der Waals surface area contributed by atoms with Crippen molar-refractivity contribution < 1.29 is 12.8 Å². The van der Waals surface area contributed by atoms with E-state index in [9.17, 15) is 13.2 Å². The van der Waals surface area contributed by atoms with Crippen molar-refractivity contribution in [2.75, 3.05) is 6.26 Å². The highest BCUT2D eigenvalue weighted by atomic mass is 32.2. The number of fused-ring (bicyclic) bond motifs is 1. The van der Waals surface area contributed by atoms with Crippen LogP contribution in [-0.2, 0) is 15.6 Å². The first-order chi connectivity index (χ1) is 8.26. The van der Waals surface area contributed by atoms with Crippen LogP contribution in [0.25, 0.3) is 11.0 Å². The molecule has 0 bridgehead atoms. The van der Waals surface area contributed by atoms with Gasteiger partial charge in [0.15, 0.2) is 9.84 Å². The van der Waals surface area contributed by atoms with Gasteiger partial charge in [-0.1, -0.05) is 0 Å². The van der Waals surface area contributed by atoms with Crippen LogP contribution in [0.4, 0.5) is 0 Å². The summed E-state index contributed by atoms with van der Waals surface area (Å²) < 4.78 is 27.9. The number of aryl methyl sites for hydroxylation is 2. The molecule has 5 heteroatoms. The van der Waals surface area contributed by atoms with Crippen LogP contribution >= 0.6 is 0 Å². The second-order valence-electron chi connectivity index (χ2n) is 4.59. The van der Waals surface area contributed by atoms with Crippen molar-refractivity contribution in [3.05, 3.63) is 45.3 Å². The Bertz CT molecular complexity index is 769. The maximum absolute atomic E-state index is 11.4. The zero-order chi connectivity index (χ0) is 13.5. The maximum atomic E-state index is 11.4. The SMILES string of the molecule is Cc1cc2oc(=O)cc(CS(C)(=O)=O)c2cc1C. The van der Waals surface area contributed by atoms with E-state index in [0.717, 1.165) is 17.4 Å². The Morgan fingerprint density at radius 1 is 1.11 bits per heavy atom. The maximum Gasteiger partial charge on any atom is 0.336 e. The van der Waals surface area contributed by atoms with Crippen molar-refractivity contribution in [3.8, 4) is 0 Å². The number of rotatable bonds is 2. The van der Waals surface area contributed by atoms with Crippen LogP contribution in [-0.4, -0.2) is 14.7 Å². The lowest BCUT2D eigenvalue weighted by Gasteiger charge is -2.07. The Morgan fingerprint density at radius 3 is 2.33 bits per heavy atom. The summed E-state index contributed by atoms with van der Waals surface area (Å²) >= 11 is 0. The largest absolute Gasteiger partial charge is 0.423 e. The number of hydrogen-bond acceptors (Lipinski definition) is 4. The molecule has 0 saturated heterocycles. The second-order valence-corrected chi connectivity index (χ2v) is 6.73. The molecule has 1 aromatic heterocycles. The normalized spacial score (nSPS) is 11.9. The molecular weight excluding hydrogens is 252 g/mol. The lowest BCUT2D eigenvalue weighted by molar-refractivity contribution is 0.559. The molecular formula is C13H14O4S. The van der Waals surface area contributed by atoms with Crippen molar-refractivity contribution in [1.82, 2.24) is 0 Å². The number of hydrogen-bond donors (Lipinski definition) is 0. The van der Waals surface area contributed by atoms with E-state index in [4.69, 9.17) is 4.42 Å². The van der Waals surface area contributed by atoms with E-state index in [0.29, 0.717) is 16.5 Å². The molecule has 4 nitrogen and oxygen atoms in total. The second kappa shape index (κ2) is 4.24. The highest BCUT2D eigenvalue weighted by molar-refractivity contribution is 7.89. The fraction of sp³-hybridized carbons (Fsp3) is 0.308. The van der Waals surface area contributed by atoms with Gasteiger partial charge in [0.05, 0.1) is 5.75 Å². The average Bonchev–Trinajstić information content (AvgIpc) is 2.18. The molecule has 2 rings (SSSR count). The van der Waals surface area contributed by atoms with Crippen LogP contribution < -0.4 is 5.63 Å². The van der Waals surface area contributed by atoms with Crippen LogP contribution in [0.2, 0.25) is 0 Å². The lowest BCUT2D eigenvalue weighted by atomic mass is 10.0. The van der Waals surface area contributed by atoms with E-state index < -0.39 is 15.5 Å². The summed E-state index contributed by atoms with van der Waals surface area (Å²) in [5.41, 5.74) is 2.44. The summed E-state index contributed by atoms with van der Waals surface area (Å²) in [4.78, 5) is 11.4. The first kappa shape index (κ1) is 12.8. The highest BCUT2D eigenvalue weighted by Gasteiger charge is 2.12. The first-order valence-corrected chi connectivity index (χ1v) is 7.54. The average molecular weight is 266 g/mol. The molecule has 0 unspecified atom stereocenters. The molecule has 0 aliphatic carbocycles. The third-order valence-electron chi connectivity index (χ3n) is 2.86. The minimum atomic E-state index is -3.19. The number of benzene rings is 1. The topological polar surface area (TPSA) is 64.3 Å². The van der Waals surface area contributed by atoms with Gasteiger partial charge in [0.2, 0.25) is 0 Å². The standard InChI is InChI=1S/C13H14O4S/c1-8-4-11-10(7-18(3,15)16)6-13(14)17-12(11)5-9(8)2/h4-6H,7H2,1-3H3. The summed E-state index contributed by atoms with van der Waals surface area (Å²) in [7, 11) is -3.19. The Kier molecular flexibility index (Phi) is 3.02. The van der Waals surface area contributed by atoms with E-state index in [-0.39, 0.29) is 5.75 Å². The van der Waals surface area contributed by atoms with Gasteiger partial charge >= 0.3 is 5.63 Å². The molecule has 96 valence electrons. The van der Waals surface area contributed by atoms with E-state index in [2.05, 4.69) is 0 Å². The van der Waals surface area contributed by atoms with Gasteiger partial charge in [-0.2, -0.15) is 0 Å². The van der Waals surface area contributed by atoms with Crippen molar-refractivity contribution in [1.29, 1.82) is 0 Å². The predicted molar refractivity (Wildman–Crippen MR) is 70.5 cm³/mol. The molecule has 0 aliphatic rings. The lowest BCUT2D eigenvalue weighted by Crippen LogP contribution is -2.06. The van der Waals surface area contributed by atoms with E-state index in [1.807, 2.05) is 19.9 Å². The van der Waals surface area contributed by atoms with Gasteiger partial charge in [-0.25, -0.2) is 13.2 Å². The van der Waals surface area contributed by atoms with Gasteiger partial charge < -0.3 is 4.42 Å². The Balaban J connectivity index is 2.80. The van der Waals surface area contributed by atoms with Crippen LogP contribution in [0.3, 0.4) is 0 Å². The molecule has 2 aromatic rings. The number of sulfone groups is 1. The third-order valence-corrected chi connectivity index (χ3v) is 3.70. The van der Waals surface area contributed by atoms with Crippen LogP contribution in [0, 0.1) is 13.8 Å². The zero-order valence-electron chi connectivity index (χ0n) is 10.5. The molecule has 0 saturated carbocycles. The zero-order valence-corrected chi connectivity index (χ0v) is 11.3. The molecule has 0 amide bonds. The van der Waals surface area contributed by atoms with Crippen molar-refractivity contribution in [2.24, 2.45) is 0 Å². The van der Waals surface area contributed by atoms with Gasteiger partial charge in [0.1, 0.15) is 5.58 Å². The summed E-state index contributed by atoms with van der Waals surface area (Å²) in [5, 5.41) is 0.683. The third kappa shape index (κ3) is 2.61. The molecule has 1 aromatic carbocycles. The summed E-state index contributed by atoms with van der Waals surface area (Å²) in [6, 6.07) is 4.87. The van der Waals surface area contributed by atoms with Crippen molar-refractivity contribution in [2.45, 2.75) is 19.6 Å². The monoisotopic (exact) mass is 266 g/mol.